The van der Waals surface area contributed by atoms with E-state index in [1.807, 2.05) is 24.3 Å². The van der Waals surface area contributed by atoms with Gasteiger partial charge >= 0.3 is 0 Å². The topological polar surface area (TPSA) is 57.8 Å². The van der Waals surface area contributed by atoms with Crippen LogP contribution in [0.4, 0.5) is 5.69 Å². The summed E-state index contributed by atoms with van der Waals surface area (Å²) in [6.45, 7) is 1.51. The van der Waals surface area contributed by atoms with E-state index in [-0.39, 0.29) is 5.91 Å². The number of carbonyl (C=O) groups is 1. The van der Waals surface area contributed by atoms with Gasteiger partial charge in [-0.2, -0.15) is 5.10 Å². The van der Waals surface area contributed by atoms with Crippen molar-refractivity contribution >= 4 is 11.6 Å². The van der Waals surface area contributed by atoms with Gasteiger partial charge in [-0.1, -0.05) is 36.4 Å². The monoisotopic (exact) mass is 303 g/mol. The van der Waals surface area contributed by atoms with Gasteiger partial charge in [0.1, 0.15) is 0 Å². The number of rotatable bonds is 2. The lowest BCUT2D eigenvalue weighted by atomic mass is 9.88. The van der Waals surface area contributed by atoms with Crippen LogP contribution in [0.1, 0.15) is 18.1 Å². The molecule has 114 valence electrons. The van der Waals surface area contributed by atoms with Crippen LogP contribution in [0.2, 0.25) is 0 Å². The molecule has 0 atom stereocenters. The first kappa shape index (κ1) is 13.8. The maximum Gasteiger partial charge on any atom is 0.221 e. The van der Waals surface area contributed by atoms with Gasteiger partial charge in [-0.3, -0.25) is 9.89 Å². The minimum absolute atomic E-state index is 0.0618. The lowest BCUT2D eigenvalue weighted by Gasteiger charge is -2.15. The highest BCUT2D eigenvalue weighted by Gasteiger charge is 2.22. The second-order valence-corrected chi connectivity index (χ2v) is 5.84. The number of hydrogen-bond donors (Lipinski definition) is 2. The average Bonchev–Trinajstić information content (AvgIpc) is 2.99. The summed E-state index contributed by atoms with van der Waals surface area (Å²) in [6, 6.07) is 16.3. The molecule has 0 radical (unpaired) electrons. The largest absolute Gasteiger partial charge is 0.326 e. The summed E-state index contributed by atoms with van der Waals surface area (Å²) in [7, 11) is 0. The predicted octanol–water partition coefficient (Wildman–Crippen LogP) is 3.80. The number of amides is 1. The molecule has 1 aliphatic rings. The molecule has 1 aliphatic carbocycles. The molecule has 0 saturated carbocycles. The van der Waals surface area contributed by atoms with Crippen molar-refractivity contribution in [1.82, 2.24) is 10.2 Å². The number of hydrogen-bond acceptors (Lipinski definition) is 2. The van der Waals surface area contributed by atoms with Gasteiger partial charge in [-0.25, -0.2) is 0 Å². The zero-order chi connectivity index (χ0) is 15.8. The number of nitrogens with one attached hydrogen (secondary N) is 2. The van der Waals surface area contributed by atoms with Gasteiger partial charge < -0.3 is 5.32 Å². The van der Waals surface area contributed by atoms with Crippen molar-refractivity contribution in [3.63, 3.8) is 0 Å². The van der Waals surface area contributed by atoms with E-state index in [0.29, 0.717) is 0 Å². The molecule has 1 aromatic heterocycles. The van der Waals surface area contributed by atoms with Crippen LogP contribution in [0.15, 0.2) is 48.5 Å². The molecule has 0 saturated heterocycles. The van der Waals surface area contributed by atoms with E-state index in [9.17, 15) is 4.79 Å². The van der Waals surface area contributed by atoms with Gasteiger partial charge in [0.15, 0.2) is 0 Å². The standard InChI is InChI=1S/C19H17N3O/c1-12(23)20-15-9-6-14(7-10-15)18-17-11-8-13-4-2-3-5-16(13)19(17)22-21-18/h2-7,9-10H,8,11H2,1H3,(H,20,23)(H,21,22). The Morgan fingerprint density at radius 1 is 1.09 bits per heavy atom. The minimum atomic E-state index is -0.0618. The van der Waals surface area contributed by atoms with E-state index in [4.69, 9.17) is 0 Å². The highest BCUT2D eigenvalue weighted by atomic mass is 16.1. The highest BCUT2D eigenvalue weighted by Crippen LogP contribution is 2.37. The summed E-state index contributed by atoms with van der Waals surface area (Å²) >= 11 is 0. The fraction of sp³-hybridized carbons (Fsp3) is 0.158. The van der Waals surface area contributed by atoms with Crippen LogP contribution in [0.25, 0.3) is 22.5 Å². The van der Waals surface area contributed by atoms with E-state index in [1.165, 1.54) is 23.6 Å². The van der Waals surface area contributed by atoms with E-state index in [2.05, 4.69) is 39.8 Å². The molecule has 0 aliphatic heterocycles. The molecule has 0 unspecified atom stereocenters. The fourth-order valence-corrected chi connectivity index (χ4v) is 3.22. The number of aryl methyl sites for hydroxylation is 1. The van der Waals surface area contributed by atoms with Gasteiger partial charge in [-0.05, 0) is 36.1 Å². The van der Waals surface area contributed by atoms with Crippen LogP contribution in [-0.4, -0.2) is 16.1 Å². The molecule has 1 amide bonds. The summed E-state index contributed by atoms with van der Waals surface area (Å²) in [5.74, 6) is -0.0618. The molecule has 23 heavy (non-hydrogen) atoms. The Bertz CT molecular complexity index is 878. The van der Waals surface area contributed by atoms with Gasteiger partial charge in [0.25, 0.3) is 0 Å². The van der Waals surface area contributed by atoms with Crippen molar-refractivity contribution in [3.05, 3.63) is 59.7 Å². The molecule has 4 heteroatoms. The van der Waals surface area contributed by atoms with Gasteiger partial charge in [-0.15, -0.1) is 0 Å². The molecule has 0 bridgehead atoms. The Hall–Kier alpha value is -2.88. The Kier molecular flexibility index (Phi) is 3.23. The fourth-order valence-electron chi connectivity index (χ4n) is 3.22. The summed E-state index contributed by atoms with van der Waals surface area (Å²) < 4.78 is 0. The Morgan fingerprint density at radius 3 is 2.65 bits per heavy atom. The summed E-state index contributed by atoms with van der Waals surface area (Å²) in [6.07, 6.45) is 2.03. The second kappa shape index (κ2) is 5.39. The van der Waals surface area contributed by atoms with Crippen molar-refractivity contribution in [2.45, 2.75) is 19.8 Å². The summed E-state index contributed by atoms with van der Waals surface area (Å²) in [5, 5.41) is 10.5. The van der Waals surface area contributed by atoms with Crippen LogP contribution in [0.3, 0.4) is 0 Å². The van der Waals surface area contributed by atoms with Crippen LogP contribution in [0, 0.1) is 0 Å². The number of aromatic nitrogens is 2. The van der Waals surface area contributed by atoms with Crippen LogP contribution in [-0.2, 0) is 17.6 Å². The summed E-state index contributed by atoms with van der Waals surface area (Å²) in [4.78, 5) is 11.1. The maximum atomic E-state index is 11.1. The Balaban J connectivity index is 1.72. The molecule has 4 nitrogen and oxygen atoms in total. The zero-order valence-corrected chi connectivity index (χ0v) is 12.9. The lowest BCUT2D eigenvalue weighted by molar-refractivity contribution is -0.114. The van der Waals surface area contributed by atoms with E-state index in [1.54, 1.807) is 0 Å². The van der Waals surface area contributed by atoms with Crippen molar-refractivity contribution in [1.29, 1.82) is 0 Å². The van der Waals surface area contributed by atoms with Crippen molar-refractivity contribution < 1.29 is 4.79 Å². The normalized spacial score (nSPS) is 12.4. The number of H-pyrrole nitrogens is 1. The van der Waals surface area contributed by atoms with Crippen LogP contribution >= 0.6 is 0 Å². The van der Waals surface area contributed by atoms with Crippen molar-refractivity contribution in [2.75, 3.05) is 5.32 Å². The predicted molar refractivity (Wildman–Crippen MR) is 91.2 cm³/mol. The quantitative estimate of drug-likeness (QED) is 0.756. The third-order valence-electron chi connectivity index (χ3n) is 4.28. The Labute approximate surface area is 134 Å². The van der Waals surface area contributed by atoms with Gasteiger partial charge in [0.05, 0.1) is 11.4 Å². The SMILES string of the molecule is CC(=O)Nc1ccc(-c2[nH]nc3c2CCc2ccccc2-3)cc1. The Morgan fingerprint density at radius 2 is 1.87 bits per heavy atom. The van der Waals surface area contributed by atoms with Crippen LogP contribution in [0.5, 0.6) is 0 Å². The lowest BCUT2D eigenvalue weighted by Crippen LogP contribution is -2.05. The minimum Gasteiger partial charge on any atom is -0.326 e. The number of nitrogens with zero attached hydrogens (tertiary/aromatic N) is 1. The molecule has 0 spiro atoms. The van der Waals surface area contributed by atoms with E-state index < -0.39 is 0 Å². The molecule has 2 N–H and O–H groups in total. The van der Waals surface area contributed by atoms with Crippen molar-refractivity contribution in [3.8, 4) is 22.5 Å². The third-order valence-corrected chi connectivity index (χ3v) is 4.28. The van der Waals surface area contributed by atoms with Crippen molar-refractivity contribution in [2.24, 2.45) is 0 Å². The molecule has 3 aromatic rings. The first-order valence-corrected chi connectivity index (χ1v) is 7.76. The van der Waals surface area contributed by atoms with E-state index in [0.717, 1.165) is 35.5 Å². The highest BCUT2D eigenvalue weighted by molar-refractivity contribution is 5.89. The smallest absolute Gasteiger partial charge is 0.221 e. The number of aromatic amines is 1. The number of carbonyl (C=O) groups excluding carboxylic acids is 1. The molecular weight excluding hydrogens is 286 g/mol. The van der Waals surface area contributed by atoms with Gasteiger partial charge in [0, 0.05) is 23.7 Å². The molecule has 4 rings (SSSR count). The maximum absolute atomic E-state index is 11.1. The first-order chi connectivity index (χ1) is 11.2. The molecule has 1 heterocycles. The second-order valence-electron chi connectivity index (χ2n) is 5.84. The first-order valence-electron chi connectivity index (χ1n) is 7.76. The summed E-state index contributed by atoms with van der Waals surface area (Å²) in [5.41, 5.74) is 7.89. The number of benzene rings is 2. The van der Waals surface area contributed by atoms with Gasteiger partial charge in [0.2, 0.25) is 5.91 Å². The molecular formula is C19H17N3O. The van der Waals surface area contributed by atoms with Crippen LogP contribution < -0.4 is 5.32 Å². The molecule has 0 fully saturated rings. The number of anilines is 1. The number of fused-ring (bicyclic) bond motifs is 3. The average molecular weight is 303 g/mol. The molecule has 2 aromatic carbocycles. The zero-order valence-electron chi connectivity index (χ0n) is 12.9. The third kappa shape index (κ3) is 2.42. The van der Waals surface area contributed by atoms with E-state index >= 15 is 0 Å².